The fraction of sp³-hybridized carbons (Fsp3) is 0.529. The Morgan fingerprint density at radius 3 is 2.35 bits per heavy atom. The van der Waals surface area contributed by atoms with E-state index in [2.05, 4.69) is 4.74 Å². The third kappa shape index (κ3) is 6.80. The fourth-order valence-electron chi connectivity index (χ4n) is 2.40. The maximum absolute atomic E-state index is 12.0. The van der Waals surface area contributed by atoms with E-state index in [1.165, 1.54) is 14.2 Å². The van der Waals surface area contributed by atoms with Crippen LogP contribution in [-0.4, -0.2) is 26.2 Å². The first-order valence-electron chi connectivity index (χ1n) is 7.59. The van der Waals surface area contributed by atoms with Crippen LogP contribution in [0.15, 0.2) is 18.2 Å². The standard InChI is InChI=1S/C17H22Cl2O4/c1-22-16(20)8-6-4-3-5-7-14(17(21)23-2)13-10-9-12(18)11-15(13)19/h9-11,14H,3-8H2,1-2H3. The Bertz CT molecular complexity index is 531. The summed E-state index contributed by atoms with van der Waals surface area (Å²) in [5.41, 5.74) is 0.734. The molecule has 0 aliphatic rings. The smallest absolute Gasteiger partial charge is 0.313 e. The molecule has 0 aromatic heterocycles. The Morgan fingerprint density at radius 2 is 1.74 bits per heavy atom. The molecule has 0 spiro atoms. The van der Waals surface area contributed by atoms with Crippen LogP contribution in [0.25, 0.3) is 0 Å². The van der Waals surface area contributed by atoms with Crippen LogP contribution < -0.4 is 0 Å². The number of unbranched alkanes of at least 4 members (excludes halogenated alkanes) is 3. The van der Waals surface area contributed by atoms with E-state index in [1.807, 2.05) is 0 Å². The van der Waals surface area contributed by atoms with Gasteiger partial charge in [-0.2, -0.15) is 0 Å². The quantitative estimate of drug-likeness (QED) is 0.470. The minimum absolute atomic E-state index is 0.189. The minimum atomic E-state index is -0.398. The van der Waals surface area contributed by atoms with Crippen LogP contribution >= 0.6 is 23.2 Å². The number of carbonyl (C=O) groups is 2. The number of hydrogen-bond acceptors (Lipinski definition) is 4. The van der Waals surface area contributed by atoms with Crippen LogP contribution in [0.2, 0.25) is 10.0 Å². The molecule has 0 N–H and O–H groups in total. The molecular weight excluding hydrogens is 339 g/mol. The Morgan fingerprint density at radius 1 is 1.04 bits per heavy atom. The number of hydrogen-bond donors (Lipinski definition) is 0. The molecule has 0 heterocycles. The normalized spacial score (nSPS) is 11.8. The lowest BCUT2D eigenvalue weighted by molar-refractivity contribution is -0.142. The number of ether oxygens (including phenoxy) is 2. The molecule has 4 nitrogen and oxygen atoms in total. The Labute approximate surface area is 147 Å². The van der Waals surface area contributed by atoms with Crippen molar-refractivity contribution in [3.05, 3.63) is 33.8 Å². The van der Waals surface area contributed by atoms with Crippen molar-refractivity contribution < 1.29 is 19.1 Å². The third-order valence-electron chi connectivity index (χ3n) is 3.67. The van der Waals surface area contributed by atoms with Crippen LogP contribution in [0.1, 0.15) is 50.0 Å². The molecule has 23 heavy (non-hydrogen) atoms. The summed E-state index contributed by atoms with van der Waals surface area (Å²) in [6, 6.07) is 5.11. The molecule has 1 atom stereocenters. The van der Waals surface area contributed by atoms with Crippen LogP contribution in [0, 0.1) is 0 Å². The lowest BCUT2D eigenvalue weighted by Gasteiger charge is -2.16. The van der Waals surface area contributed by atoms with Gasteiger partial charge in [-0.05, 0) is 30.5 Å². The molecule has 0 amide bonds. The average molecular weight is 361 g/mol. The van der Waals surface area contributed by atoms with Crippen molar-refractivity contribution in [2.75, 3.05) is 14.2 Å². The highest BCUT2D eigenvalue weighted by Gasteiger charge is 2.23. The van der Waals surface area contributed by atoms with Crippen molar-refractivity contribution >= 4 is 35.1 Å². The van der Waals surface area contributed by atoms with Crippen LogP contribution in [-0.2, 0) is 19.1 Å². The molecule has 0 saturated carbocycles. The first-order chi connectivity index (χ1) is 11.0. The topological polar surface area (TPSA) is 52.6 Å². The van der Waals surface area contributed by atoms with Crippen LogP contribution in [0.5, 0.6) is 0 Å². The first kappa shape index (κ1) is 19.8. The molecule has 1 aromatic rings. The van der Waals surface area contributed by atoms with Gasteiger partial charge in [-0.1, -0.05) is 48.5 Å². The van der Waals surface area contributed by atoms with Gasteiger partial charge in [0.25, 0.3) is 0 Å². The molecule has 1 aromatic carbocycles. The van der Waals surface area contributed by atoms with Gasteiger partial charge in [0.15, 0.2) is 0 Å². The van der Waals surface area contributed by atoms with Gasteiger partial charge in [0, 0.05) is 16.5 Å². The fourth-order valence-corrected chi connectivity index (χ4v) is 2.94. The molecule has 0 saturated heterocycles. The molecule has 6 heteroatoms. The third-order valence-corrected chi connectivity index (χ3v) is 4.24. The highest BCUT2D eigenvalue weighted by Crippen LogP contribution is 2.32. The van der Waals surface area contributed by atoms with Gasteiger partial charge in [0.2, 0.25) is 0 Å². The maximum atomic E-state index is 12.0. The van der Waals surface area contributed by atoms with E-state index in [-0.39, 0.29) is 11.9 Å². The number of halogens is 2. The number of rotatable bonds is 9. The summed E-state index contributed by atoms with van der Waals surface area (Å²) in [6.07, 6.45) is 4.55. The van der Waals surface area contributed by atoms with Gasteiger partial charge in [-0.25, -0.2) is 0 Å². The summed E-state index contributed by atoms with van der Waals surface area (Å²) in [7, 11) is 2.76. The SMILES string of the molecule is COC(=O)CCCCCCC(C(=O)OC)c1ccc(Cl)cc1Cl. The second-order valence-electron chi connectivity index (χ2n) is 5.27. The number of esters is 2. The molecule has 0 radical (unpaired) electrons. The lowest BCUT2D eigenvalue weighted by atomic mass is 9.93. The zero-order valence-electron chi connectivity index (χ0n) is 13.4. The summed E-state index contributed by atoms with van der Waals surface area (Å²) in [4.78, 5) is 23.0. The monoisotopic (exact) mass is 360 g/mol. The lowest BCUT2D eigenvalue weighted by Crippen LogP contribution is -2.15. The van der Waals surface area contributed by atoms with E-state index in [1.54, 1.807) is 18.2 Å². The molecule has 0 aliphatic heterocycles. The van der Waals surface area contributed by atoms with Crippen molar-refractivity contribution in [2.45, 2.75) is 44.4 Å². The highest BCUT2D eigenvalue weighted by atomic mass is 35.5. The second-order valence-corrected chi connectivity index (χ2v) is 6.11. The predicted molar refractivity (Wildman–Crippen MR) is 90.9 cm³/mol. The second kappa shape index (κ2) is 10.5. The van der Waals surface area contributed by atoms with Crippen molar-refractivity contribution in [1.82, 2.24) is 0 Å². The van der Waals surface area contributed by atoms with E-state index in [0.29, 0.717) is 22.9 Å². The van der Waals surface area contributed by atoms with Crippen molar-refractivity contribution in [2.24, 2.45) is 0 Å². The highest BCUT2D eigenvalue weighted by molar-refractivity contribution is 6.35. The van der Waals surface area contributed by atoms with E-state index in [9.17, 15) is 9.59 Å². The van der Waals surface area contributed by atoms with E-state index in [4.69, 9.17) is 27.9 Å². The van der Waals surface area contributed by atoms with E-state index < -0.39 is 5.92 Å². The van der Waals surface area contributed by atoms with Gasteiger partial charge < -0.3 is 9.47 Å². The first-order valence-corrected chi connectivity index (χ1v) is 8.34. The Hall–Kier alpha value is -1.26. The number of methoxy groups -OCH3 is 2. The summed E-state index contributed by atoms with van der Waals surface area (Å²) in [5, 5.41) is 1.00. The largest absolute Gasteiger partial charge is 0.469 e. The molecule has 0 bridgehead atoms. The van der Waals surface area contributed by atoms with Crippen LogP contribution in [0.4, 0.5) is 0 Å². The van der Waals surface area contributed by atoms with Crippen molar-refractivity contribution in [1.29, 1.82) is 0 Å². The van der Waals surface area contributed by atoms with E-state index in [0.717, 1.165) is 31.2 Å². The Kier molecular flexibility index (Phi) is 9.03. The zero-order chi connectivity index (χ0) is 17.2. The van der Waals surface area contributed by atoms with Gasteiger partial charge in [-0.15, -0.1) is 0 Å². The summed E-state index contributed by atoms with van der Waals surface area (Å²) < 4.78 is 9.48. The zero-order valence-corrected chi connectivity index (χ0v) is 15.0. The average Bonchev–Trinajstić information content (AvgIpc) is 2.54. The minimum Gasteiger partial charge on any atom is -0.469 e. The summed E-state index contributed by atoms with van der Waals surface area (Å²) >= 11 is 12.1. The van der Waals surface area contributed by atoms with Gasteiger partial charge >= 0.3 is 11.9 Å². The maximum Gasteiger partial charge on any atom is 0.313 e. The van der Waals surface area contributed by atoms with Crippen LogP contribution in [0.3, 0.4) is 0 Å². The van der Waals surface area contributed by atoms with Crippen molar-refractivity contribution in [3.63, 3.8) is 0 Å². The summed E-state index contributed by atoms with van der Waals surface area (Å²) in [6.45, 7) is 0. The van der Waals surface area contributed by atoms with Crippen molar-refractivity contribution in [3.8, 4) is 0 Å². The van der Waals surface area contributed by atoms with Gasteiger partial charge in [-0.3, -0.25) is 9.59 Å². The summed E-state index contributed by atoms with van der Waals surface area (Å²) in [5.74, 6) is -0.889. The molecule has 128 valence electrons. The number of carbonyl (C=O) groups excluding carboxylic acids is 2. The Balaban J connectivity index is 2.53. The van der Waals surface area contributed by atoms with Gasteiger partial charge in [0.1, 0.15) is 0 Å². The molecule has 0 fully saturated rings. The molecule has 1 rings (SSSR count). The predicted octanol–water partition coefficient (Wildman–Crippen LogP) is 4.76. The number of benzene rings is 1. The molecule has 0 aliphatic carbocycles. The molecule has 1 unspecified atom stereocenters. The molecular formula is C17H22Cl2O4. The van der Waals surface area contributed by atoms with Gasteiger partial charge in [0.05, 0.1) is 20.1 Å². The van der Waals surface area contributed by atoms with E-state index >= 15 is 0 Å².